The van der Waals surface area contributed by atoms with Crippen LogP contribution in [0.5, 0.6) is 5.75 Å². The van der Waals surface area contributed by atoms with Gasteiger partial charge in [0.1, 0.15) is 11.4 Å². The van der Waals surface area contributed by atoms with Crippen LogP contribution >= 0.6 is 0 Å². The third-order valence-electron chi connectivity index (χ3n) is 3.86. The molecule has 0 radical (unpaired) electrons. The zero-order valence-corrected chi connectivity index (χ0v) is 13.6. The fraction of sp³-hybridized carbons (Fsp3) is 0.263. The van der Waals surface area contributed by atoms with Crippen LogP contribution in [0.1, 0.15) is 31.0 Å². The van der Waals surface area contributed by atoms with E-state index in [1.54, 1.807) is 0 Å². The number of benzene rings is 1. The molecule has 2 heterocycles. The normalized spacial score (nSPS) is 12.1. The zero-order valence-electron chi connectivity index (χ0n) is 13.6. The first-order chi connectivity index (χ1) is 11.1. The molecular formula is C19H19N3O. The lowest BCUT2D eigenvalue weighted by Crippen LogP contribution is -1.98. The SMILES string of the molecule is CCOc1ccc(-c2nc3cc(C)ccn3c2C(C)C#N)cc1. The van der Waals surface area contributed by atoms with E-state index in [-0.39, 0.29) is 5.92 Å². The van der Waals surface area contributed by atoms with Gasteiger partial charge in [0.2, 0.25) is 0 Å². The van der Waals surface area contributed by atoms with Gasteiger partial charge in [0.15, 0.2) is 0 Å². The highest BCUT2D eigenvalue weighted by Gasteiger charge is 2.19. The molecule has 23 heavy (non-hydrogen) atoms. The number of imidazole rings is 1. The lowest BCUT2D eigenvalue weighted by Gasteiger charge is -2.08. The summed E-state index contributed by atoms with van der Waals surface area (Å²) >= 11 is 0. The van der Waals surface area contributed by atoms with Crippen molar-refractivity contribution in [3.05, 3.63) is 53.9 Å². The molecule has 1 unspecified atom stereocenters. The maximum absolute atomic E-state index is 9.39. The lowest BCUT2D eigenvalue weighted by molar-refractivity contribution is 0.340. The number of aryl methyl sites for hydroxylation is 1. The van der Waals surface area contributed by atoms with Crippen LogP contribution in [0.15, 0.2) is 42.6 Å². The van der Waals surface area contributed by atoms with Gasteiger partial charge in [0.05, 0.1) is 30.0 Å². The highest BCUT2D eigenvalue weighted by molar-refractivity contribution is 5.68. The van der Waals surface area contributed by atoms with Crippen molar-refractivity contribution in [2.45, 2.75) is 26.7 Å². The van der Waals surface area contributed by atoms with Gasteiger partial charge in [-0.2, -0.15) is 5.26 Å². The Hall–Kier alpha value is -2.80. The first-order valence-corrected chi connectivity index (χ1v) is 7.75. The molecule has 0 aliphatic heterocycles. The molecule has 0 bridgehead atoms. The minimum atomic E-state index is -0.241. The topological polar surface area (TPSA) is 50.3 Å². The van der Waals surface area contributed by atoms with Gasteiger partial charge in [-0.25, -0.2) is 4.98 Å². The van der Waals surface area contributed by atoms with Crippen LogP contribution in [0.2, 0.25) is 0 Å². The van der Waals surface area contributed by atoms with Crippen LogP contribution < -0.4 is 4.74 Å². The number of pyridine rings is 1. The van der Waals surface area contributed by atoms with Gasteiger partial charge in [-0.1, -0.05) is 0 Å². The van der Waals surface area contributed by atoms with E-state index in [4.69, 9.17) is 9.72 Å². The van der Waals surface area contributed by atoms with Crippen LogP contribution in [-0.4, -0.2) is 16.0 Å². The Kier molecular flexibility index (Phi) is 4.03. The summed E-state index contributed by atoms with van der Waals surface area (Å²) in [6.45, 7) is 6.55. The largest absolute Gasteiger partial charge is 0.494 e. The zero-order chi connectivity index (χ0) is 16.4. The van der Waals surface area contributed by atoms with E-state index in [0.29, 0.717) is 6.61 Å². The van der Waals surface area contributed by atoms with Crippen LogP contribution in [0, 0.1) is 18.3 Å². The number of aromatic nitrogens is 2. The number of rotatable bonds is 4. The molecule has 0 aliphatic rings. The fourth-order valence-corrected chi connectivity index (χ4v) is 2.73. The lowest BCUT2D eigenvalue weighted by atomic mass is 10.0. The summed E-state index contributed by atoms with van der Waals surface area (Å²) in [5.41, 5.74) is 4.79. The summed E-state index contributed by atoms with van der Waals surface area (Å²) in [6.07, 6.45) is 1.99. The Balaban J connectivity index is 2.17. The van der Waals surface area contributed by atoms with E-state index in [0.717, 1.165) is 33.9 Å². The number of hydrogen-bond acceptors (Lipinski definition) is 3. The third-order valence-corrected chi connectivity index (χ3v) is 3.86. The second-order valence-electron chi connectivity index (χ2n) is 5.59. The molecule has 0 fully saturated rings. The second kappa shape index (κ2) is 6.13. The summed E-state index contributed by atoms with van der Waals surface area (Å²) in [5.74, 6) is 0.597. The molecular weight excluding hydrogens is 286 g/mol. The Morgan fingerprint density at radius 3 is 2.65 bits per heavy atom. The predicted molar refractivity (Wildman–Crippen MR) is 90.6 cm³/mol. The number of nitriles is 1. The summed E-state index contributed by atoms with van der Waals surface area (Å²) in [5, 5.41) is 9.39. The highest BCUT2D eigenvalue weighted by Crippen LogP contribution is 2.31. The Labute approximate surface area is 136 Å². The van der Waals surface area contributed by atoms with Gasteiger partial charge in [-0.05, 0) is 62.7 Å². The van der Waals surface area contributed by atoms with E-state index in [1.807, 2.05) is 67.8 Å². The van der Waals surface area contributed by atoms with E-state index in [1.165, 1.54) is 0 Å². The van der Waals surface area contributed by atoms with Gasteiger partial charge >= 0.3 is 0 Å². The maximum atomic E-state index is 9.39. The molecule has 1 aromatic carbocycles. The van der Waals surface area contributed by atoms with Crippen molar-refractivity contribution in [1.29, 1.82) is 5.26 Å². The van der Waals surface area contributed by atoms with E-state index >= 15 is 0 Å². The van der Waals surface area contributed by atoms with E-state index in [9.17, 15) is 5.26 Å². The van der Waals surface area contributed by atoms with Crippen molar-refractivity contribution >= 4 is 5.65 Å². The average Bonchev–Trinajstić information content (AvgIpc) is 2.93. The monoisotopic (exact) mass is 305 g/mol. The fourth-order valence-electron chi connectivity index (χ4n) is 2.73. The van der Waals surface area contributed by atoms with E-state index < -0.39 is 0 Å². The smallest absolute Gasteiger partial charge is 0.137 e. The Morgan fingerprint density at radius 2 is 2.00 bits per heavy atom. The molecule has 0 aliphatic carbocycles. The predicted octanol–water partition coefficient (Wildman–Crippen LogP) is 4.34. The number of ether oxygens (including phenoxy) is 1. The first kappa shape index (κ1) is 15.1. The quantitative estimate of drug-likeness (QED) is 0.720. The maximum Gasteiger partial charge on any atom is 0.137 e. The molecule has 0 saturated heterocycles. The van der Waals surface area contributed by atoms with Gasteiger partial charge in [0.25, 0.3) is 0 Å². The van der Waals surface area contributed by atoms with Crippen molar-refractivity contribution in [2.75, 3.05) is 6.61 Å². The molecule has 0 amide bonds. The molecule has 1 atom stereocenters. The minimum Gasteiger partial charge on any atom is -0.494 e. The first-order valence-electron chi connectivity index (χ1n) is 7.75. The average molecular weight is 305 g/mol. The molecule has 0 spiro atoms. The van der Waals surface area contributed by atoms with Gasteiger partial charge in [-0.15, -0.1) is 0 Å². The molecule has 0 saturated carbocycles. The van der Waals surface area contributed by atoms with Crippen molar-refractivity contribution in [3.8, 4) is 23.1 Å². The number of hydrogen-bond donors (Lipinski definition) is 0. The summed E-state index contributed by atoms with van der Waals surface area (Å²) in [4.78, 5) is 4.76. The summed E-state index contributed by atoms with van der Waals surface area (Å²) < 4.78 is 7.50. The summed E-state index contributed by atoms with van der Waals surface area (Å²) in [6, 6.07) is 14.3. The summed E-state index contributed by atoms with van der Waals surface area (Å²) in [7, 11) is 0. The third kappa shape index (κ3) is 2.78. The molecule has 116 valence electrons. The minimum absolute atomic E-state index is 0.241. The Morgan fingerprint density at radius 1 is 1.26 bits per heavy atom. The van der Waals surface area contributed by atoms with E-state index in [2.05, 4.69) is 6.07 Å². The highest BCUT2D eigenvalue weighted by atomic mass is 16.5. The molecule has 0 N–H and O–H groups in total. The van der Waals surface area contributed by atoms with Gasteiger partial charge in [-0.3, -0.25) is 0 Å². The molecule has 3 rings (SSSR count). The van der Waals surface area contributed by atoms with Crippen molar-refractivity contribution in [3.63, 3.8) is 0 Å². The Bertz CT molecular complexity index is 872. The van der Waals surface area contributed by atoms with Crippen LogP contribution in [0.25, 0.3) is 16.9 Å². The standard InChI is InChI=1S/C19H19N3O/c1-4-23-16-7-5-15(6-8-16)18-19(14(3)12-20)22-10-9-13(2)11-17(22)21-18/h5-11,14H,4H2,1-3H3. The molecule has 2 aromatic heterocycles. The van der Waals surface area contributed by atoms with Crippen molar-refractivity contribution in [2.24, 2.45) is 0 Å². The molecule has 4 nitrogen and oxygen atoms in total. The van der Waals surface area contributed by atoms with Gasteiger partial charge < -0.3 is 9.14 Å². The molecule has 4 heteroatoms. The van der Waals surface area contributed by atoms with Crippen LogP contribution in [0.3, 0.4) is 0 Å². The second-order valence-corrected chi connectivity index (χ2v) is 5.59. The van der Waals surface area contributed by atoms with Crippen LogP contribution in [-0.2, 0) is 0 Å². The van der Waals surface area contributed by atoms with Crippen molar-refractivity contribution in [1.82, 2.24) is 9.38 Å². The van der Waals surface area contributed by atoms with Gasteiger partial charge in [0, 0.05) is 11.8 Å². The van der Waals surface area contributed by atoms with Crippen LogP contribution in [0.4, 0.5) is 0 Å². The number of nitrogens with zero attached hydrogens (tertiary/aromatic N) is 3. The number of fused-ring (bicyclic) bond motifs is 1. The molecule has 3 aromatic rings. The van der Waals surface area contributed by atoms with Crippen molar-refractivity contribution < 1.29 is 4.74 Å².